The summed E-state index contributed by atoms with van der Waals surface area (Å²) in [5.41, 5.74) is 2.53. The molecule has 0 atom stereocenters. The minimum Gasteiger partial charge on any atom is -0.336 e. The lowest BCUT2D eigenvalue weighted by Gasteiger charge is -2.21. The molecule has 1 aliphatic heterocycles. The lowest BCUT2D eigenvalue weighted by Crippen LogP contribution is -2.34. The van der Waals surface area contributed by atoms with Gasteiger partial charge in [0.05, 0.1) is 11.3 Å². The molecule has 0 aromatic carbocycles. The molecule has 0 N–H and O–H groups in total. The van der Waals surface area contributed by atoms with Gasteiger partial charge in [0, 0.05) is 51.1 Å². The van der Waals surface area contributed by atoms with Crippen molar-refractivity contribution in [2.45, 2.75) is 39.2 Å². The van der Waals surface area contributed by atoms with Crippen LogP contribution in [0.25, 0.3) is 0 Å². The zero-order valence-electron chi connectivity index (χ0n) is 16.0. The van der Waals surface area contributed by atoms with Crippen LogP contribution in [0, 0.1) is 0 Å². The number of carbonyl (C=O) groups excluding carboxylic acids is 1. The summed E-state index contributed by atoms with van der Waals surface area (Å²) in [6.45, 7) is 3.99. The van der Waals surface area contributed by atoms with Crippen LogP contribution in [-0.4, -0.2) is 53.6 Å². The van der Waals surface area contributed by atoms with E-state index >= 15 is 0 Å². The van der Waals surface area contributed by atoms with Crippen molar-refractivity contribution in [3.05, 3.63) is 65.5 Å². The largest absolute Gasteiger partial charge is 0.336 e. The van der Waals surface area contributed by atoms with Crippen LogP contribution in [0.4, 0.5) is 0 Å². The zero-order chi connectivity index (χ0) is 19.3. The Morgan fingerprint density at radius 2 is 2.07 bits per heavy atom. The normalized spacial score (nSPS) is 13.8. The van der Waals surface area contributed by atoms with Gasteiger partial charge >= 0.3 is 0 Å². The summed E-state index contributed by atoms with van der Waals surface area (Å²) in [4.78, 5) is 27.5. The number of hydrogen-bond acceptors (Lipinski definition) is 6. The van der Waals surface area contributed by atoms with Crippen molar-refractivity contribution < 1.29 is 4.79 Å². The molecule has 0 aliphatic carbocycles. The Balaban J connectivity index is 1.50. The maximum Gasteiger partial charge on any atom is 0.257 e. The average Bonchev–Trinajstić information content (AvgIpc) is 2.97. The number of hydrogen-bond donors (Lipinski definition) is 0. The fraction of sp³-hybridized carbons (Fsp3) is 0.400. The molecule has 0 unspecified atom stereocenters. The van der Waals surface area contributed by atoms with Crippen molar-refractivity contribution in [3.8, 4) is 0 Å². The van der Waals surface area contributed by atoms with E-state index in [1.807, 2.05) is 23.2 Å². The topological polar surface area (TPSA) is 89.7 Å². The molecular weight excluding hydrogens is 354 g/mol. The Labute approximate surface area is 163 Å². The van der Waals surface area contributed by atoms with Gasteiger partial charge in [0.2, 0.25) is 0 Å². The lowest BCUT2D eigenvalue weighted by atomic mass is 10.1. The monoisotopic (exact) mass is 377 g/mol. The minimum absolute atomic E-state index is 0.00317. The Bertz CT molecular complexity index is 954. The number of aryl methyl sites for hydroxylation is 1. The van der Waals surface area contributed by atoms with Crippen LogP contribution in [0.1, 0.15) is 46.6 Å². The second kappa shape index (κ2) is 8.24. The van der Waals surface area contributed by atoms with Gasteiger partial charge in [-0.25, -0.2) is 9.97 Å². The molecule has 0 bridgehead atoms. The summed E-state index contributed by atoms with van der Waals surface area (Å²) in [6.07, 6.45) is 9.84. The van der Waals surface area contributed by atoms with Gasteiger partial charge in [-0.1, -0.05) is 19.4 Å². The van der Waals surface area contributed by atoms with E-state index < -0.39 is 0 Å². The Kier molecular flexibility index (Phi) is 5.36. The molecule has 8 nitrogen and oxygen atoms in total. The minimum atomic E-state index is -0.00317. The predicted octanol–water partition coefficient (Wildman–Crippen LogP) is 1.70. The number of fused-ring (bicyclic) bond motifs is 1. The standard InChI is InChI=1S/C20H23N7O/c1-2-4-17-16(13-22-14-23-17)20(28)26-8-6-18-24-25-19(27(18)10-9-26)11-15-5-3-7-21-12-15/h3,5,7,12-14H,2,4,6,8-11H2,1H3. The first-order valence-corrected chi connectivity index (χ1v) is 9.64. The van der Waals surface area contributed by atoms with Crippen molar-refractivity contribution in [2.75, 3.05) is 13.1 Å². The maximum absolute atomic E-state index is 13.1. The molecule has 28 heavy (non-hydrogen) atoms. The van der Waals surface area contributed by atoms with Gasteiger partial charge < -0.3 is 9.47 Å². The number of aromatic nitrogens is 6. The first-order valence-electron chi connectivity index (χ1n) is 9.64. The van der Waals surface area contributed by atoms with Crippen molar-refractivity contribution in [1.82, 2.24) is 34.6 Å². The molecule has 0 saturated carbocycles. The Hall–Kier alpha value is -3.16. The van der Waals surface area contributed by atoms with Gasteiger partial charge in [-0.05, 0) is 18.1 Å². The first-order chi connectivity index (χ1) is 13.8. The third-order valence-electron chi connectivity index (χ3n) is 4.99. The summed E-state index contributed by atoms with van der Waals surface area (Å²) in [7, 11) is 0. The van der Waals surface area contributed by atoms with Crippen LogP contribution in [-0.2, 0) is 25.8 Å². The van der Waals surface area contributed by atoms with Crippen molar-refractivity contribution in [1.29, 1.82) is 0 Å². The van der Waals surface area contributed by atoms with Crippen LogP contribution >= 0.6 is 0 Å². The van der Waals surface area contributed by atoms with Crippen molar-refractivity contribution in [2.24, 2.45) is 0 Å². The summed E-state index contributed by atoms with van der Waals surface area (Å²) in [5.74, 6) is 1.83. The van der Waals surface area contributed by atoms with Gasteiger partial charge in [-0.2, -0.15) is 0 Å². The predicted molar refractivity (Wildman–Crippen MR) is 103 cm³/mol. The number of amides is 1. The van der Waals surface area contributed by atoms with Crippen LogP contribution in [0.3, 0.4) is 0 Å². The summed E-state index contributed by atoms with van der Waals surface area (Å²) < 4.78 is 2.13. The molecule has 4 heterocycles. The average molecular weight is 377 g/mol. The molecule has 8 heteroatoms. The van der Waals surface area contributed by atoms with Crippen LogP contribution in [0.2, 0.25) is 0 Å². The van der Waals surface area contributed by atoms with Gasteiger partial charge in [0.15, 0.2) is 0 Å². The van der Waals surface area contributed by atoms with E-state index in [9.17, 15) is 4.79 Å². The highest BCUT2D eigenvalue weighted by Crippen LogP contribution is 2.16. The van der Waals surface area contributed by atoms with E-state index in [1.54, 1.807) is 12.4 Å². The molecule has 0 saturated heterocycles. The first kappa shape index (κ1) is 18.2. The highest BCUT2D eigenvalue weighted by atomic mass is 16.2. The molecule has 4 rings (SSSR count). The van der Waals surface area contributed by atoms with Crippen molar-refractivity contribution in [3.63, 3.8) is 0 Å². The maximum atomic E-state index is 13.1. The molecular formula is C20H23N7O. The zero-order valence-corrected chi connectivity index (χ0v) is 16.0. The van der Waals surface area contributed by atoms with E-state index in [4.69, 9.17) is 0 Å². The number of rotatable bonds is 5. The van der Waals surface area contributed by atoms with Crippen LogP contribution in [0.15, 0.2) is 37.1 Å². The summed E-state index contributed by atoms with van der Waals surface area (Å²) in [5, 5.41) is 8.72. The number of pyridine rings is 1. The Morgan fingerprint density at radius 1 is 1.14 bits per heavy atom. The van der Waals surface area contributed by atoms with E-state index in [1.165, 1.54) is 6.33 Å². The van der Waals surface area contributed by atoms with E-state index in [0.29, 0.717) is 38.0 Å². The van der Waals surface area contributed by atoms with E-state index in [2.05, 4.69) is 36.6 Å². The molecule has 1 aliphatic rings. The van der Waals surface area contributed by atoms with Gasteiger partial charge in [0.1, 0.15) is 18.0 Å². The van der Waals surface area contributed by atoms with Gasteiger partial charge in [-0.15, -0.1) is 10.2 Å². The SMILES string of the molecule is CCCc1ncncc1C(=O)N1CCc2nnc(Cc3cccnc3)n2CC1. The second-order valence-electron chi connectivity index (χ2n) is 6.90. The quantitative estimate of drug-likeness (QED) is 0.672. The van der Waals surface area contributed by atoms with Gasteiger partial charge in [-0.3, -0.25) is 9.78 Å². The summed E-state index contributed by atoms with van der Waals surface area (Å²) in [6, 6.07) is 3.96. The molecule has 0 radical (unpaired) electrons. The summed E-state index contributed by atoms with van der Waals surface area (Å²) >= 11 is 0. The fourth-order valence-electron chi connectivity index (χ4n) is 3.54. The third-order valence-corrected chi connectivity index (χ3v) is 4.99. The van der Waals surface area contributed by atoms with E-state index in [0.717, 1.165) is 35.7 Å². The lowest BCUT2D eigenvalue weighted by molar-refractivity contribution is 0.0756. The Morgan fingerprint density at radius 3 is 2.89 bits per heavy atom. The van der Waals surface area contributed by atoms with Crippen molar-refractivity contribution >= 4 is 5.91 Å². The third kappa shape index (κ3) is 3.76. The van der Waals surface area contributed by atoms with Crippen LogP contribution < -0.4 is 0 Å². The highest BCUT2D eigenvalue weighted by molar-refractivity contribution is 5.95. The molecule has 1 amide bonds. The molecule has 3 aromatic heterocycles. The smallest absolute Gasteiger partial charge is 0.257 e. The second-order valence-corrected chi connectivity index (χ2v) is 6.90. The van der Waals surface area contributed by atoms with Crippen LogP contribution in [0.5, 0.6) is 0 Å². The highest BCUT2D eigenvalue weighted by Gasteiger charge is 2.24. The fourth-order valence-corrected chi connectivity index (χ4v) is 3.54. The number of nitrogens with zero attached hydrogens (tertiary/aromatic N) is 7. The number of carbonyl (C=O) groups is 1. The molecule has 0 spiro atoms. The molecule has 0 fully saturated rings. The molecule has 144 valence electrons. The van der Waals surface area contributed by atoms with Gasteiger partial charge in [0.25, 0.3) is 5.91 Å². The molecule has 3 aromatic rings. The van der Waals surface area contributed by atoms with E-state index in [-0.39, 0.29) is 5.91 Å².